The van der Waals surface area contributed by atoms with Gasteiger partial charge in [-0.25, -0.2) is 4.39 Å². The number of halogens is 2. The van der Waals surface area contributed by atoms with Crippen molar-refractivity contribution in [2.75, 3.05) is 6.61 Å². The summed E-state index contributed by atoms with van der Waals surface area (Å²) in [6.07, 6.45) is 1.17. The highest BCUT2D eigenvalue weighted by atomic mass is 35.5. The molecule has 2 N–H and O–H groups in total. The molecule has 2 nitrogen and oxygen atoms in total. The van der Waals surface area contributed by atoms with Crippen LogP contribution < -0.4 is 10.5 Å². The van der Waals surface area contributed by atoms with E-state index >= 15 is 0 Å². The Bertz CT molecular complexity index is 646. The fourth-order valence-corrected chi connectivity index (χ4v) is 2.81. The van der Waals surface area contributed by atoms with Crippen LogP contribution in [0.25, 0.3) is 0 Å². The number of para-hydroxylation sites is 1. The minimum atomic E-state index is -0.564. The zero-order chi connectivity index (χ0) is 14.2. The highest BCUT2D eigenvalue weighted by Crippen LogP contribution is 2.31. The molecule has 1 atom stereocenters. The molecular weight excluding hydrogens is 277 g/mol. The van der Waals surface area contributed by atoms with Crippen LogP contribution in [0.4, 0.5) is 4.39 Å². The van der Waals surface area contributed by atoms with E-state index in [1.807, 2.05) is 24.3 Å². The number of nitrogens with two attached hydrogens (primary N) is 1. The van der Waals surface area contributed by atoms with Crippen molar-refractivity contribution in [3.05, 3.63) is 64.4 Å². The van der Waals surface area contributed by atoms with E-state index < -0.39 is 11.4 Å². The molecule has 1 aliphatic rings. The fourth-order valence-electron chi connectivity index (χ4n) is 2.62. The average Bonchev–Trinajstić information content (AvgIpc) is 2.44. The lowest BCUT2D eigenvalue weighted by Crippen LogP contribution is -2.51. The molecule has 2 aromatic carbocycles. The highest BCUT2D eigenvalue weighted by molar-refractivity contribution is 6.31. The van der Waals surface area contributed by atoms with E-state index in [1.165, 1.54) is 6.07 Å². The average molecular weight is 292 g/mol. The van der Waals surface area contributed by atoms with Crippen molar-refractivity contribution in [1.82, 2.24) is 0 Å². The van der Waals surface area contributed by atoms with Gasteiger partial charge in [-0.1, -0.05) is 41.9 Å². The summed E-state index contributed by atoms with van der Waals surface area (Å²) in [5.41, 5.74) is 7.65. The van der Waals surface area contributed by atoms with Gasteiger partial charge < -0.3 is 10.5 Å². The first-order chi connectivity index (χ1) is 9.57. The molecule has 0 aliphatic carbocycles. The zero-order valence-electron chi connectivity index (χ0n) is 10.9. The first kappa shape index (κ1) is 13.4. The Labute approximate surface area is 122 Å². The molecule has 1 aliphatic heterocycles. The molecule has 3 rings (SSSR count). The van der Waals surface area contributed by atoms with Crippen molar-refractivity contribution in [1.29, 1.82) is 0 Å². The smallest absolute Gasteiger partial charge is 0.142 e. The second kappa shape index (κ2) is 5.08. The number of fused-ring (bicyclic) bond motifs is 1. The van der Waals surface area contributed by atoms with Gasteiger partial charge in [0.2, 0.25) is 0 Å². The van der Waals surface area contributed by atoms with Gasteiger partial charge in [0, 0.05) is 0 Å². The highest BCUT2D eigenvalue weighted by Gasteiger charge is 2.32. The molecule has 0 fully saturated rings. The van der Waals surface area contributed by atoms with E-state index in [0.717, 1.165) is 16.9 Å². The summed E-state index contributed by atoms with van der Waals surface area (Å²) in [6, 6.07) is 12.6. The lowest BCUT2D eigenvalue weighted by Gasteiger charge is -2.35. The maximum absolute atomic E-state index is 13.5. The molecule has 0 aromatic heterocycles. The molecule has 104 valence electrons. The Morgan fingerprint density at radius 3 is 2.85 bits per heavy atom. The molecule has 0 radical (unpaired) electrons. The molecule has 0 saturated heterocycles. The monoisotopic (exact) mass is 291 g/mol. The third-order valence-electron chi connectivity index (χ3n) is 3.60. The Morgan fingerprint density at radius 1 is 1.20 bits per heavy atom. The molecule has 20 heavy (non-hydrogen) atoms. The maximum atomic E-state index is 13.5. The van der Waals surface area contributed by atoms with E-state index in [1.54, 1.807) is 12.1 Å². The van der Waals surface area contributed by atoms with E-state index in [4.69, 9.17) is 22.1 Å². The predicted octanol–water partition coefficient (Wildman–Crippen LogP) is 3.35. The minimum absolute atomic E-state index is 0.149. The topological polar surface area (TPSA) is 35.2 Å². The molecule has 1 heterocycles. The van der Waals surface area contributed by atoms with Crippen molar-refractivity contribution in [3.8, 4) is 5.75 Å². The van der Waals surface area contributed by atoms with Crippen LogP contribution in [-0.2, 0) is 12.8 Å². The van der Waals surface area contributed by atoms with Gasteiger partial charge >= 0.3 is 0 Å². The molecule has 1 unspecified atom stereocenters. The van der Waals surface area contributed by atoms with Crippen LogP contribution >= 0.6 is 11.6 Å². The number of ether oxygens (including phenoxy) is 1. The van der Waals surface area contributed by atoms with Crippen LogP contribution in [-0.4, -0.2) is 12.1 Å². The second-order valence-electron chi connectivity index (χ2n) is 5.33. The van der Waals surface area contributed by atoms with Crippen LogP contribution in [0.3, 0.4) is 0 Å². The van der Waals surface area contributed by atoms with E-state index in [0.29, 0.717) is 19.4 Å². The van der Waals surface area contributed by atoms with Gasteiger partial charge in [0.05, 0.1) is 10.6 Å². The van der Waals surface area contributed by atoms with Crippen molar-refractivity contribution in [2.45, 2.75) is 18.4 Å². The lowest BCUT2D eigenvalue weighted by molar-refractivity contribution is 0.190. The SMILES string of the molecule is NC1(Cc2cccc(F)c2Cl)COc2ccccc2C1. The second-order valence-corrected chi connectivity index (χ2v) is 5.70. The minimum Gasteiger partial charge on any atom is -0.491 e. The van der Waals surface area contributed by atoms with Crippen LogP contribution in [0.15, 0.2) is 42.5 Å². The van der Waals surface area contributed by atoms with Gasteiger partial charge in [-0.3, -0.25) is 0 Å². The Hall–Kier alpha value is -1.58. The third kappa shape index (κ3) is 2.51. The summed E-state index contributed by atoms with van der Waals surface area (Å²) < 4.78 is 19.2. The largest absolute Gasteiger partial charge is 0.491 e. The van der Waals surface area contributed by atoms with Gasteiger partial charge in [-0.05, 0) is 36.1 Å². The Kier molecular flexibility index (Phi) is 3.40. The van der Waals surface area contributed by atoms with Crippen LogP contribution in [0.1, 0.15) is 11.1 Å². The van der Waals surface area contributed by atoms with Crippen molar-refractivity contribution < 1.29 is 9.13 Å². The van der Waals surface area contributed by atoms with Crippen molar-refractivity contribution in [2.24, 2.45) is 5.73 Å². The van der Waals surface area contributed by atoms with Crippen LogP contribution in [0, 0.1) is 5.82 Å². The molecular formula is C16H15ClFNO. The number of benzene rings is 2. The third-order valence-corrected chi connectivity index (χ3v) is 4.03. The Balaban J connectivity index is 1.86. The number of rotatable bonds is 2. The standard InChI is InChI=1S/C16H15ClFNO/c17-15-12(5-3-6-13(15)18)9-16(19)8-11-4-1-2-7-14(11)20-10-16/h1-7H,8-10,19H2. The first-order valence-electron chi connectivity index (χ1n) is 6.50. The summed E-state index contributed by atoms with van der Waals surface area (Å²) >= 11 is 6.00. The summed E-state index contributed by atoms with van der Waals surface area (Å²) in [4.78, 5) is 0. The lowest BCUT2D eigenvalue weighted by atomic mass is 9.84. The normalized spacial score (nSPS) is 21.1. The number of hydrogen-bond donors (Lipinski definition) is 1. The maximum Gasteiger partial charge on any atom is 0.142 e. The van der Waals surface area contributed by atoms with E-state index in [9.17, 15) is 4.39 Å². The molecule has 0 saturated carbocycles. The summed E-state index contributed by atoms with van der Waals surface area (Å²) in [7, 11) is 0. The van der Waals surface area contributed by atoms with E-state index in [2.05, 4.69) is 0 Å². The first-order valence-corrected chi connectivity index (χ1v) is 6.88. The molecule has 4 heteroatoms. The van der Waals surface area contributed by atoms with Gasteiger partial charge in [-0.2, -0.15) is 0 Å². The number of hydrogen-bond acceptors (Lipinski definition) is 2. The predicted molar refractivity (Wildman–Crippen MR) is 77.7 cm³/mol. The zero-order valence-corrected chi connectivity index (χ0v) is 11.7. The quantitative estimate of drug-likeness (QED) is 0.921. The van der Waals surface area contributed by atoms with Gasteiger partial charge in [0.25, 0.3) is 0 Å². The van der Waals surface area contributed by atoms with Crippen LogP contribution in [0.5, 0.6) is 5.75 Å². The fraction of sp³-hybridized carbons (Fsp3) is 0.250. The summed E-state index contributed by atoms with van der Waals surface area (Å²) in [5.74, 6) is 0.462. The van der Waals surface area contributed by atoms with Gasteiger partial charge in [0.1, 0.15) is 18.2 Å². The molecule has 0 amide bonds. The van der Waals surface area contributed by atoms with Crippen molar-refractivity contribution in [3.63, 3.8) is 0 Å². The van der Waals surface area contributed by atoms with Crippen molar-refractivity contribution >= 4 is 11.6 Å². The van der Waals surface area contributed by atoms with E-state index in [-0.39, 0.29) is 5.02 Å². The molecule has 2 aromatic rings. The van der Waals surface area contributed by atoms with Gasteiger partial charge in [0.15, 0.2) is 0 Å². The summed E-state index contributed by atoms with van der Waals surface area (Å²) in [5, 5.41) is 0.149. The molecule has 0 bridgehead atoms. The Morgan fingerprint density at radius 2 is 2.00 bits per heavy atom. The summed E-state index contributed by atoms with van der Waals surface area (Å²) in [6.45, 7) is 0.400. The molecule has 0 spiro atoms. The van der Waals surface area contributed by atoms with Gasteiger partial charge in [-0.15, -0.1) is 0 Å². The van der Waals surface area contributed by atoms with Crippen LogP contribution in [0.2, 0.25) is 5.02 Å².